The van der Waals surface area contributed by atoms with Gasteiger partial charge in [0.25, 0.3) is 0 Å². The van der Waals surface area contributed by atoms with Crippen LogP contribution in [-0.2, 0) is 6.54 Å². The molecule has 24 heavy (non-hydrogen) atoms. The average Bonchev–Trinajstić information content (AvgIpc) is 2.89. The van der Waals surface area contributed by atoms with Gasteiger partial charge in [0.2, 0.25) is 5.91 Å². The van der Waals surface area contributed by atoms with E-state index in [1.807, 2.05) is 12.1 Å². The number of rotatable bonds is 3. The van der Waals surface area contributed by atoms with E-state index in [1.54, 1.807) is 0 Å². The lowest BCUT2D eigenvalue weighted by Gasteiger charge is -2.23. The third kappa shape index (κ3) is 2.48. The van der Waals surface area contributed by atoms with Gasteiger partial charge in [-0.3, -0.25) is 4.79 Å². The van der Waals surface area contributed by atoms with Gasteiger partial charge in [0, 0.05) is 33.9 Å². The molecule has 1 heterocycles. The Hall–Kier alpha value is -2.29. The molecule has 1 aliphatic rings. The second-order valence-corrected chi connectivity index (χ2v) is 7.20. The van der Waals surface area contributed by atoms with E-state index in [4.69, 9.17) is 5.73 Å². The van der Waals surface area contributed by atoms with Crippen LogP contribution in [0.5, 0.6) is 0 Å². The monoisotopic (exact) mass is 320 g/mol. The molecular formula is C21H24N2O. The van der Waals surface area contributed by atoms with Gasteiger partial charge in [-0.15, -0.1) is 0 Å². The Bertz CT molecular complexity index is 916. The summed E-state index contributed by atoms with van der Waals surface area (Å²) in [5.41, 5.74) is 9.88. The molecule has 0 saturated heterocycles. The van der Waals surface area contributed by atoms with Crippen molar-refractivity contribution in [2.24, 2.45) is 11.7 Å². The summed E-state index contributed by atoms with van der Waals surface area (Å²) in [6, 6.07) is 12.4. The molecule has 0 spiro atoms. The molecule has 3 heteroatoms. The summed E-state index contributed by atoms with van der Waals surface area (Å²) in [7, 11) is 0. The molecule has 124 valence electrons. The first kappa shape index (κ1) is 15.3. The van der Waals surface area contributed by atoms with Crippen molar-refractivity contribution in [2.45, 2.75) is 45.6 Å². The van der Waals surface area contributed by atoms with Crippen LogP contribution in [0.1, 0.15) is 48.0 Å². The van der Waals surface area contributed by atoms with Crippen molar-refractivity contribution >= 4 is 27.7 Å². The van der Waals surface area contributed by atoms with E-state index in [-0.39, 0.29) is 5.91 Å². The second-order valence-electron chi connectivity index (χ2n) is 7.20. The molecule has 1 fully saturated rings. The molecule has 1 amide bonds. The first-order valence-electron chi connectivity index (χ1n) is 8.96. The van der Waals surface area contributed by atoms with Crippen molar-refractivity contribution in [2.75, 3.05) is 0 Å². The zero-order valence-electron chi connectivity index (χ0n) is 14.2. The third-order valence-corrected chi connectivity index (χ3v) is 5.48. The molecule has 1 aliphatic carbocycles. The molecule has 1 saturated carbocycles. The molecule has 0 atom stereocenters. The van der Waals surface area contributed by atoms with Gasteiger partial charge >= 0.3 is 0 Å². The molecule has 0 radical (unpaired) electrons. The first-order chi connectivity index (χ1) is 11.6. The number of nitrogens with zero attached hydrogens (tertiary/aromatic N) is 1. The average molecular weight is 320 g/mol. The van der Waals surface area contributed by atoms with Gasteiger partial charge in [-0.05, 0) is 49.4 Å². The van der Waals surface area contributed by atoms with Crippen LogP contribution in [0.15, 0.2) is 36.4 Å². The highest BCUT2D eigenvalue weighted by molar-refractivity contribution is 6.17. The molecular weight excluding hydrogens is 296 g/mol. The van der Waals surface area contributed by atoms with E-state index in [0.717, 1.165) is 28.8 Å². The smallest absolute Gasteiger partial charge is 0.249 e. The number of carbonyl (C=O) groups excluding carboxylic acids is 1. The van der Waals surface area contributed by atoms with Gasteiger partial charge in [-0.25, -0.2) is 0 Å². The Morgan fingerprint density at radius 1 is 1.12 bits per heavy atom. The fourth-order valence-electron chi connectivity index (χ4n) is 4.28. The SMILES string of the molecule is Cc1ccc2c3c(C(N)=O)cccc3n(CC3CCCCC3)c2c1. The number of nitrogens with two attached hydrogens (primary N) is 1. The Kier molecular flexibility index (Phi) is 3.79. The Balaban J connectivity index is 1.96. The van der Waals surface area contributed by atoms with Crippen molar-refractivity contribution in [1.82, 2.24) is 4.57 Å². The number of amides is 1. The lowest BCUT2D eigenvalue weighted by atomic mass is 9.89. The number of hydrogen-bond donors (Lipinski definition) is 1. The number of benzene rings is 2. The predicted octanol–water partition coefficient (Wildman–Crippen LogP) is 4.78. The molecule has 0 unspecified atom stereocenters. The van der Waals surface area contributed by atoms with Crippen LogP contribution in [-0.4, -0.2) is 10.5 Å². The zero-order valence-corrected chi connectivity index (χ0v) is 14.2. The van der Waals surface area contributed by atoms with Crippen LogP contribution in [0.3, 0.4) is 0 Å². The van der Waals surface area contributed by atoms with Crippen LogP contribution < -0.4 is 5.73 Å². The van der Waals surface area contributed by atoms with Crippen LogP contribution in [0.4, 0.5) is 0 Å². The van der Waals surface area contributed by atoms with Crippen LogP contribution in [0.25, 0.3) is 21.8 Å². The Morgan fingerprint density at radius 2 is 1.92 bits per heavy atom. The van der Waals surface area contributed by atoms with Gasteiger partial charge in [0.05, 0.1) is 0 Å². The first-order valence-corrected chi connectivity index (χ1v) is 8.96. The molecule has 4 rings (SSSR count). The van der Waals surface area contributed by atoms with E-state index in [1.165, 1.54) is 43.2 Å². The lowest BCUT2D eigenvalue weighted by molar-refractivity contribution is 0.100. The topological polar surface area (TPSA) is 48.0 Å². The predicted molar refractivity (Wildman–Crippen MR) is 99.3 cm³/mol. The van der Waals surface area contributed by atoms with Crippen molar-refractivity contribution in [1.29, 1.82) is 0 Å². The van der Waals surface area contributed by atoms with Crippen molar-refractivity contribution in [3.8, 4) is 0 Å². The number of fused-ring (bicyclic) bond motifs is 3. The summed E-state index contributed by atoms with van der Waals surface area (Å²) in [4.78, 5) is 11.9. The maximum Gasteiger partial charge on any atom is 0.249 e. The number of aromatic nitrogens is 1. The Morgan fingerprint density at radius 3 is 2.67 bits per heavy atom. The van der Waals surface area contributed by atoms with Gasteiger partial charge in [-0.1, -0.05) is 37.5 Å². The van der Waals surface area contributed by atoms with E-state index in [9.17, 15) is 4.79 Å². The Labute approximate surface area is 142 Å². The zero-order chi connectivity index (χ0) is 16.7. The molecule has 1 aromatic heterocycles. The lowest BCUT2D eigenvalue weighted by Crippen LogP contribution is -2.14. The standard InChI is InChI=1S/C21H24N2O/c1-14-10-11-16-19(12-14)23(13-15-6-3-2-4-7-15)18-9-5-8-17(20(16)18)21(22)24/h5,8-12,15H,2-4,6-7,13H2,1H3,(H2,22,24). The molecule has 0 bridgehead atoms. The molecule has 3 aromatic rings. The maximum absolute atomic E-state index is 11.9. The minimum Gasteiger partial charge on any atom is -0.366 e. The highest BCUT2D eigenvalue weighted by Crippen LogP contribution is 2.34. The van der Waals surface area contributed by atoms with Gasteiger partial charge in [-0.2, -0.15) is 0 Å². The van der Waals surface area contributed by atoms with Crippen molar-refractivity contribution in [3.63, 3.8) is 0 Å². The van der Waals surface area contributed by atoms with E-state index < -0.39 is 0 Å². The maximum atomic E-state index is 11.9. The normalized spacial score (nSPS) is 16.0. The van der Waals surface area contributed by atoms with Crippen LogP contribution in [0.2, 0.25) is 0 Å². The molecule has 2 aromatic carbocycles. The minimum absolute atomic E-state index is 0.349. The van der Waals surface area contributed by atoms with E-state index >= 15 is 0 Å². The van der Waals surface area contributed by atoms with Gasteiger partial charge in [0.1, 0.15) is 0 Å². The van der Waals surface area contributed by atoms with E-state index in [0.29, 0.717) is 5.56 Å². The summed E-state index contributed by atoms with van der Waals surface area (Å²) in [5.74, 6) is 0.383. The molecule has 3 nitrogen and oxygen atoms in total. The number of hydrogen-bond acceptors (Lipinski definition) is 1. The third-order valence-electron chi connectivity index (χ3n) is 5.48. The summed E-state index contributed by atoms with van der Waals surface area (Å²) in [6.07, 6.45) is 6.67. The number of aryl methyl sites for hydroxylation is 1. The number of primary amides is 1. The molecule has 0 aliphatic heterocycles. The van der Waals surface area contributed by atoms with Gasteiger partial charge < -0.3 is 10.3 Å². The fraction of sp³-hybridized carbons (Fsp3) is 0.381. The largest absolute Gasteiger partial charge is 0.366 e. The van der Waals surface area contributed by atoms with Crippen molar-refractivity contribution in [3.05, 3.63) is 47.5 Å². The summed E-state index contributed by atoms with van der Waals surface area (Å²) in [6.45, 7) is 3.16. The van der Waals surface area contributed by atoms with Crippen molar-refractivity contribution < 1.29 is 4.79 Å². The second kappa shape index (κ2) is 5.97. The summed E-state index contributed by atoms with van der Waals surface area (Å²) in [5, 5.41) is 2.15. The minimum atomic E-state index is -0.349. The quantitative estimate of drug-likeness (QED) is 0.741. The summed E-state index contributed by atoms with van der Waals surface area (Å²) >= 11 is 0. The van der Waals surface area contributed by atoms with Gasteiger partial charge in [0.15, 0.2) is 0 Å². The highest BCUT2D eigenvalue weighted by atomic mass is 16.1. The fourth-order valence-corrected chi connectivity index (χ4v) is 4.28. The number of carbonyl (C=O) groups is 1. The van der Waals surface area contributed by atoms with Crippen LogP contribution >= 0.6 is 0 Å². The van der Waals surface area contributed by atoms with E-state index in [2.05, 4.69) is 35.8 Å². The highest BCUT2D eigenvalue weighted by Gasteiger charge is 2.20. The molecule has 2 N–H and O–H groups in total. The summed E-state index contributed by atoms with van der Waals surface area (Å²) < 4.78 is 2.42. The van der Waals surface area contributed by atoms with Crippen LogP contribution in [0, 0.1) is 12.8 Å².